The SMILES string of the molecule is CCCc1ccc(Br)c(C)c1N.CCCc1ccc(Br)c(C)c1[N+](=O)[O-]. The second kappa shape index (κ2) is 10.7. The van der Waals surface area contributed by atoms with E-state index in [2.05, 4.69) is 50.9 Å². The Kier molecular flexibility index (Phi) is 9.30. The zero-order chi connectivity index (χ0) is 19.9. The Hall–Kier alpha value is -1.40. The molecular weight excluding hydrogens is 460 g/mol. The quantitative estimate of drug-likeness (QED) is 0.284. The Bertz CT molecular complexity index is 777. The van der Waals surface area contributed by atoms with Gasteiger partial charge in [-0.3, -0.25) is 10.1 Å². The average molecular weight is 486 g/mol. The number of hydrogen-bond acceptors (Lipinski definition) is 3. The molecule has 4 nitrogen and oxygen atoms in total. The van der Waals surface area contributed by atoms with E-state index in [1.54, 1.807) is 6.92 Å². The summed E-state index contributed by atoms with van der Waals surface area (Å²) >= 11 is 6.75. The second-order valence-electron chi connectivity index (χ2n) is 6.18. The Morgan fingerprint density at radius 2 is 1.38 bits per heavy atom. The third kappa shape index (κ3) is 5.81. The molecule has 0 amide bonds. The molecule has 0 aliphatic heterocycles. The van der Waals surface area contributed by atoms with Gasteiger partial charge in [-0.15, -0.1) is 0 Å². The van der Waals surface area contributed by atoms with Crippen molar-refractivity contribution < 1.29 is 4.92 Å². The monoisotopic (exact) mass is 484 g/mol. The number of nitro benzene ring substituents is 1. The lowest BCUT2D eigenvalue weighted by molar-refractivity contribution is -0.386. The maximum Gasteiger partial charge on any atom is 0.276 e. The number of anilines is 1. The van der Waals surface area contributed by atoms with Crippen molar-refractivity contribution >= 4 is 43.2 Å². The van der Waals surface area contributed by atoms with Gasteiger partial charge in [-0.05, 0) is 49.9 Å². The molecule has 0 radical (unpaired) electrons. The smallest absolute Gasteiger partial charge is 0.276 e. The lowest BCUT2D eigenvalue weighted by Crippen LogP contribution is -1.98. The highest BCUT2D eigenvalue weighted by Gasteiger charge is 2.18. The molecule has 0 aliphatic rings. The van der Waals surface area contributed by atoms with E-state index in [4.69, 9.17) is 5.73 Å². The van der Waals surface area contributed by atoms with E-state index >= 15 is 0 Å². The normalized spacial score (nSPS) is 10.2. The van der Waals surface area contributed by atoms with Crippen LogP contribution in [0.1, 0.15) is 48.9 Å². The van der Waals surface area contributed by atoms with Crippen LogP contribution >= 0.6 is 31.9 Å². The van der Waals surface area contributed by atoms with Crippen LogP contribution in [0, 0.1) is 24.0 Å². The molecule has 0 saturated carbocycles. The number of halogens is 2. The second-order valence-corrected chi connectivity index (χ2v) is 7.89. The first-order chi connectivity index (χ1) is 12.2. The van der Waals surface area contributed by atoms with E-state index in [1.807, 2.05) is 26.0 Å². The van der Waals surface area contributed by atoms with Crippen molar-refractivity contribution in [2.75, 3.05) is 5.73 Å². The third-order valence-corrected chi connectivity index (χ3v) is 5.93. The van der Waals surface area contributed by atoms with Gasteiger partial charge in [-0.25, -0.2) is 0 Å². The molecule has 0 fully saturated rings. The van der Waals surface area contributed by atoms with Crippen molar-refractivity contribution in [2.24, 2.45) is 0 Å². The lowest BCUT2D eigenvalue weighted by atomic mass is 10.0. The summed E-state index contributed by atoms with van der Waals surface area (Å²) in [5, 5.41) is 10.9. The first-order valence-electron chi connectivity index (χ1n) is 8.70. The van der Waals surface area contributed by atoms with Gasteiger partial charge in [-0.2, -0.15) is 0 Å². The summed E-state index contributed by atoms with van der Waals surface area (Å²) in [6.07, 6.45) is 3.89. The minimum absolute atomic E-state index is 0.251. The number of nitro groups is 1. The van der Waals surface area contributed by atoms with Gasteiger partial charge in [0.2, 0.25) is 0 Å². The maximum absolute atomic E-state index is 10.9. The van der Waals surface area contributed by atoms with Gasteiger partial charge in [0, 0.05) is 25.8 Å². The number of aryl methyl sites for hydroxylation is 2. The predicted octanol–water partition coefficient (Wildman–Crippen LogP) is 6.91. The van der Waals surface area contributed by atoms with Crippen LogP contribution in [0.25, 0.3) is 0 Å². The molecule has 0 saturated heterocycles. The van der Waals surface area contributed by atoms with Crippen molar-refractivity contribution in [1.82, 2.24) is 0 Å². The van der Waals surface area contributed by atoms with Crippen molar-refractivity contribution in [3.63, 3.8) is 0 Å². The van der Waals surface area contributed by atoms with Crippen LogP contribution < -0.4 is 5.73 Å². The molecule has 0 unspecified atom stereocenters. The predicted molar refractivity (Wildman–Crippen MR) is 117 cm³/mol. The minimum atomic E-state index is -0.301. The molecule has 6 heteroatoms. The van der Waals surface area contributed by atoms with E-state index in [1.165, 1.54) is 5.56 Å². The lowest BCUT2D eigenvalue weighted by Gasteiger charge is -2.08. The molecule has 0 heterocycles. The number of nitrogen functional groups attached to an aromatic ring is 1. The van der Waals surface area contributed by atoms with Gasteiger partial charge >= 0.3 is 0 Å². The number of benzene rings is 2. The summed E-state index contributed by atoms with van der Waals surface area (Å²) in [6.45, 7) is 7.98. The molecular formula is C20H26Br2N2O2. The van der Waals surface area contributed by atoms with E-state index in [-0.39, 0.29) is 10.6 Å². The Morgan fingerprint density at radius 3 is 1.88 bits per heavy atom. The highest BCUT2D eigenvalue weighted by molar-refractivity contribution is 9.10. The molecule has 0 spiro atoms. The number of hydrogen-bond donors (Lipinski definition) is 1. The summed E-state index contributed by atoms with van der Waals surface area (Å²) < 4.78 is 1.89. The van der Waals surface area contributed by atoms with Crippen molar-refractivity contribution in [3.05, 3.63) is 65.6 Å². The molecule has 2 aromatic carbocycles. The van der Waals surface area contributed by atoms with Gasteiger partial charge < -0.3 is 5.73 Å². The average Bonchev–Trinajstić information content (AvgIpc) is 2.59. The molecule has 0 aromatic heterocycles. The molecule has 2 aromatic rings. The molecule has 2 rings (SSSR count). The highest BCUT2D eigenvalue weighted by atomic mass is 79.9. The zero-order valence-electron chi connectivity index (χ0n) is 15.7. The number of nitrogens with zero attached hydrogens (tertiary/aromatic N) is 1. The number of nitrogens with two attached hydrogens (primary N) is 1. The largest absolute Gasteiger partial charge is 0.398 e. The molecule has 0 aliphatic carbocycles. The van der Waals surface area contributed by atoms with E-state index in [0.717, 1.165) is 51.4 Å². The van der Waals surface area contributed by atoms with Crippen LogP contribution in [-0.2, 0) is 12.8 Å². The Morgan fingerprint density at radius 1 is 0.923 bits per heavy atom. The molecule has 0 atom stereocenters. The number of rotatable bonds is 5. The fraction of sp³-hybridized carbons (Fsp3) is 0.400. The van der Waals surface area contributed by atoms with E-state index in [0.29, 0.717) is 5.56 Å². The van der Waals surface area contributed by atoms with Crippen LogP contribution in [0.3, 0.4) is 0 Å². The fourth-order valence-electron chi connectivity index (χ4n) is 2.70. The van der Waals surface area contributed by atoms with Gasteiger partial charge in [0.05, 0.1) is 4.92 Å². The standard InChI is InChI=1S/C10H12BrNO2.C10H14BrN/c1-3-4-8-5-6-9(11)7(2)10(8)12(13)14;1-3-4-8-5-6-9(11)7(2)10(8)12/h5-6H,3-4H2,1-2H3;5-6H,3-4,12H2,1-2H3. The third-order valence-electron chi connectivity index (χ3n) is 4.21. The van der Waals surface area contributed by atoms with Gasteiger partial charge in [-0.1, -0.05) is 70.7 Å². The molecule has 142 valence electrons. The summed E-state index contributed by atoms with van der Waals surface area (Å²) in [6, 6.07) is 7.85. The van der Waals surface area contributed by atoms with Gasteiger partial charge in [0.15, 0.2) is 0 Å². The first-order valence-corrected chi connectivity index (χ1v) is 10.3. The van der Waals surface area contributed by atoms with Crippen LogP contribution in [0.15, 0.2) is 33.2 Å². The van der Waals surface area contributed by atoms with Gasteiger partial charge in [0.25, 0.3) is 5.69 Å². The molecule has 26 heavy (non-hydrogen) atoms. The summed E-state index contributed by atoms with van der Waals surface area (Å²) in [4.78, 5) is 10.6. The summed E-state index contributed by atoms with van der Waals surface area (Å²) in [7, 11) is 0. The summed E-state index contributed by atoms with van der Waals surface area (Å²) in [5.74, 6) is 0. The Balaban J connectivity index is 0.000000263. The first kappa shape index (κ1) is 22.6. The fourth-order valence-corrected chi connectivity index (χ4v) is 3.37. The van der Waals surface area contributed by atoms with Crippen molar-refractivity contribution in [2.45, 2.75) is 53.4 Å². The van der Waals surface area contributed by atoms with E-state index in [9.17, 15) is 10.1 Å². The highest BCUT2D eigenvalue weighted by Crippen LogP contribution is 2.30. The zero-order valence-corrected chi connectivity index (χ0v) is 18.9. The Labute approximate surface area is 172 Å². The van der Waals surface area contributed by atoms with Crippen LogP contribution in [0.4, 0.5) is 11.4 Å². The van der Waals surface area contributed by atoms with Crippen LogP contribution in [-0.4, -0.2) is 4.92 Å². The molecule has 0 bridgehead atoms. The van der Waals surface area contributed by atoms with Gasteiger partial charge in [0.1, 0.15) is 0 Å². The molecule has 2 N–H and O–H groups in total. The van der Waals surface area contributed by atoms with Crippen molar-refractivity contribution in [3.8, 4) is 0 Å². The minimum Gasteiger partial charge on any atom is -0.398 e. The van der Waals surface area contributed by atoms with Crippen molar-refractivity contribution in [1.29, 1.82) is 0 Å². The van der Waals surface area contributed by atoms with Crippen LogP contribution in [0.2, 0.25) is 0 Å². The maximum atomic E-state index is 10.9. The topological polar surface area (TPSA) is 69.2 Å². The van der Waals surface area contributed by atoms with Crippen LogP contribution in [0.5, 0.6) is 0 Å². The summed E-state index contributed by atoms with van der Waals surface area (Å²) in [5.41, 5.74) is 11.1. The van der Waals surface area contributed by atoms with E-state index < -0.39 is 0 Å².